The molecule has 0 radical (unpaired) electrons. The lowest BCUT2D eigenvalue weighted by atomic mass is 10.0. The van der Waals surface area contributed by atoms with Gasteiger partial charge in [0, 0.05) is 11.0 Å². The van der Waals surface area contributed by atoms with Crippen molar-refractivity contribution in [1.82, 2.24) is 0 Å². The van der Waals surface area contributed by atoms with Crippen molar-refractivity contribution in [2.75, 3.05) is 0 Å². The van der Waals surface area contributed by atoms with Gasteiger partial charge in [0.2, 0.25) is 0 Å². The van der Waals surface area contributed by atoms with Crippen LogP contribution in [0.25, 0.3) is 0 Å². The second-order valence-corrected chi connectivity index (χ2v) is 1.35. The summed E-state index contributed by atoms with van der Waals surface area (Å²) < 4.78 is 59.5. The maximum atomic E-state index is 7.48. The van der Waals surface area contributed by atoms with Crippen molar-refractivity contribution in [3.63, 3.8) is 0 Å². The van der Waals surface area contributed by atoms with Crippen LogP contribution in [0.15, 0.2) is 11.6 Å². The first-order chi connectivity index (χ1) is 6.38. The molecule has 0 aromatic carbocycles. The molecule has 0 amide bonds. The second kappa shape index (κ2) is 2.15. The summed E-state index contributed by atoms with van der Waals surface area (Å²) in [5, 5.41) is 0. The predicted octanol–water partition coefficient (Wildman–Crippen LogP) is 2.51. The summed E-state index contributed by atoms with van der Waals surface area (Å²) in [6, 6.07) is 0. The van der Waals surface area contributed by atoms with E-state index < -0.39 is 25.5 Å². The number of rotatable bonds is 0. The largest absolute Gasteiger partial charge is 0.0856 e. The van der Waals surface area contributed by atoms with Crippen LogP contribution in [0.2, 0.25) is 0 Å². The molecule has 0 N–H and O–H groups in total. The van der Waals surface area contributed by atoms with Crippen molar-refractivity contribution in [1.29, 1.82) is 0 Å². The Labute approximate surface area is 56.5 Å². The number of hydrogen-bond acceptors (Lipinski definition) is 0. The summed E-state index contributed by atoms with van der Waals surface area (Å²) in [6.45, 7) is 1.27. The Morgan fingerprint density at radius 3 is 3.43 bits per heavy atom. The monoisotopic (exact) mass is 104 g/mol. The van der Waals surface area contributed by atoms with E-state index in [9.17, 15) is 0 Å². The molecule has 0 aromatic heterocycles. The first-order valence-electron chi connectivity index (χ1n) is 6.08. The minimum Gasteiger partial charge on any atom is -0.0856 e. The van der Waals surface area contributed by atoms with Crippen LogP contribution in [0.4, 0.5) is 0 Å². The maximum absolute atomic E-state index is 7.48. The second-order valence-electron chi connectivity index (χ2n) is 1.35. The summed E-state index contributed by atoms with van der Waals surface area (Å²) in [7, 11) is 0. The molecule has 0 aromatic rings. The van der Waals surface area contributed by atoms with Crippen molar-refractivity contribution < 1.29 is 11.0 Å². The van der Waals surface area contributed by atoms with Crippen molar-refractivity contribution in [3.8, 4) is 0 Å². The average molecular weight is 104 g/mol. The van der Waals surface area contributed by atoms with Crippen LogP contribution in [0, 0.1) is 0 Å². The Morgan fingerprint density at radius 2 is 2.57 bits per heavy atom. The minimum absolute atomic E-state index is 0.118. The molecule has 0 nitrogen and oxygen atoms in total. The summed E-state index contributed by atoms with van der Waals surface area (Å²) in [5.41, 5.74) is -0.118. The first-order valence-corrected chi connectivity index (χ1v) is 2.08. The molecule has 0 saturated heterocycles. The van der Waals surface area contributed by atoms with Gasteiger partial charge in [-0.2, -0.15) is 0 Å². The van der Waals surface area contributed by atoms with Gasteiger partial charge in [0.15, 0.2) is 0 Å². The van der Waals surface area contributed by atoms with Crippen LogP contribution in [-0.2, 0) is 0 Å². The van der Waals surface area contributed by atoms with Gasteiger partial charge in [-0.1, -0.05) is 11.6 Å². The Bertz CT molecular complexity index is 313. The van der Waals surface area contributed by atoms with E-state index >= 15 is 0 Å². The standard InChI is InChI=1S/C7H12/c1-7-5-3-2-4-6-7/h5H,2-4,6H2,1H3/i2D2,3D2,4D2,6D2. The normalized spacial score (nSPS) is 67.3. The molecule has 0 saturated carbocycles. The molecule has 0 atom stereocenters. The smallest absolute Gasteiger partial charge is 0.0312 e. The lowest BCUT2D eigenvalue weighted by Gasteiger charge is -2.05. The molecule has 0 aliphatic heterocycles. The minimum atomic E-state index is -2.90. The molecule has 1 aliphatic carbocycles. The Hall–Kier alpha value is -0.260. The molecule has 7 heavy (non-hydrogen) atoms. The molecule has 0 unspecified atom stereocenters. The molecule has 0 heteroatoms. The number of allylic oxidation sites excluding steroid dienone is 2. The van der Waals surface area contributed by atoms with Gasteiger partial charge < -0.3 is 0 Å². The summed E-state index contributed by atoms with van der Waals surface area (Å²) in [6.07, 6.45) is -9.98. The lowest BCUT2D eigenvalue weighted by molar-refractivity contribution is 0.702. The van der Waals surface area contributed by atoms with Gasteiger partial charge in [-0.15, -0.1) is 0 Å². The van der Waals surface area contributed by atoms with Crippen molar-refractivity contribution >= 4 is 0 Å². The fourth-order valence-corrected chi connectivity index (χ4v) is 0.346. The predicted molar refractivity (Wildman–Crippen MR) is 32.2 cm³/mol. The molecular weight excluding hydrogens is 84.1 g/mol. The highest BCUT2D eigenvalue weighted by atomic mass is 14.0. The van der Waals surface area contributed by atoms with E-state index in [-0.39, 0.29) is 5.57 Å². The summed E-state index contributed by atoms with van der Waals surface area (Å²) >= 11 is 0. The Morgan fingerprint density at radius 1 is 1.71 bits per heavy atom. The van der Waals surface area contributed by atoms with Gasteiger partial charge in [0.05, 0.1) is 0 Å². The number of hydrogen-bond donors (Lipinski definition) is 0. The maximum Gasteiger partial charge on any atom is 0.0312 e. The van der Waals surface area contributed by atoms with E-state index in [0.29, 0.717) is 0 Å². The molecular formula is C7H12. The average Bonchev–Trinajstić information content (AvgIpc) is 2.00. The molecule has 0 bridgehead atoms. The van der Waals surface area contributed by atoms with Crippen LogP contribution < -0.4 is 0 Å². The van der Waals surface area contributed by atoms with Crippen LogP contribution in [-0.4, -0.2) is 0 Å². The molecule has 0 heterocycles. The van der Waals surface area contributed by atoms with Crippen LogP contribution >= 0.6 is 0 Å². The first kappa shape index (κ1) is 1.02. The van der Waals surface area contributed by atoms with Crippen LogP contribution in [0.3, 0.4) is 0 Å². The highest BCUT2D eigenvalue weighted by molar-refractivity contribution is 5.00. The zero-order valence-corrected chi connectivity index (χ0v) is 4.08. The van der Waals surface area contributed by atoms with E-state index in [0.717, 1.165) is 6.08 Å². The quantitative estimate of drug-likeness (QED) is 0.414. The van der Waals surface area contributed by atoms with Crippen LogP contribution in [0.5, 0.6) is 0 Å². The molecule has 1 aliphatic rings. The molecule has 0 fully saturated rings. The van der Waals surface area contributed by atoms with Crippen molar-refractivity contribution in [2.24, 2.45) is 0 Å². The lowest BCUT2D eigenvalue weighted by Crippen LogP contribution is -1.85. The third-order valence-corrected chi connectivity index (χ3v) is 0.683. The highest BCUT2D eigenvalue weighted by Gasteiger charge is 1.95. The fourth-order valence-electron chi connectivity index (χ4n) is 0.346. The SMILES string of the molecule is [2H]C1([2H])C=C(C)C([2H])([2H])C([2H])([2H])C1([2H])[2H]. The molecule has 40 valence electrons. The van der Waals surface area contributed by atoms with Gasteiger partial charge in [0.1, 0.15) is 0 Å². The van der Waals surface area contributed by atoms with E-state index in [4.69, 9.17) is 11.0 Å². The van der Waals surface area contributed by atoms with Crippen LogP contribution in [0.1, 0.15) is 43.4 Å². The van der Waals surface area contributed by atoms with Gasteiger partial charge in [-0.05, 0) is 32.4 Å². The van der Waals surface area contributed by atoms with E-state index in [1.165, 1.54) is 6.92 Å². The van der Waals surface area contributed by atoms with Crippen molar-refractivity contribution in [2.45, 2.75) is 32.4 Å². The van der Waals surface area contributed by atoms with Crippen molar-refractivity contribution in [3.05, 3.63) is 11.6 Å². The molecule has 0 spiro atoms. The molecule has 1 rings (SSSR count). The van der Waals surface area contributed by atoms with Gasteiger partial charge in [0.25, 0.3) is 0 Å². The van der Waals surface area contributed by atoms with Gasteiger partial charge in [-0.25, -0.2) is 0 Å². The van der Waals surface area contributed by atoms with E-state index in [1.54, 1.807) is 0 Å². The third kappa shape index (κ3) is 1.34. The zero-order chi connectivity index (χ0) is 12.3. The van der Waals surface area contributed by atoms with Gasteiger partial charge in [-0.3, -0.25) is 0 Å². The zero-order valence-electron chi connectivity index (χ0n) is 12.1. The summed E-state index contributed by atoms with van der Waals surface area (Å²) in [5.74, 6) is 0. The Kier molecular flexibility index (Phi) is 0.314. The highest BCUT2D eigenvalue weighted by Crippen LogP contribution is 2.15. The van der Waals surface area contributed by atoms with E-state index in [1.807, 2.05) is 0 Å². The van der Waals surface area contributed by atoms with Gasteiger partial charge >= 0.3 is 0 Å². The third-order valence-electron chi connectivity index (χ3n) is 0.683. The van der Waals surface area contributed by atoms with E-state index in [2.05, 4.69) is 0 Å². The summed E-state index contributed by atoms with van der Waals surface area (Å²) in [4.78, 5) is 0. The Balaban J connectivity index is 3.49. The topological polar surface area (TPSA) is 0 Å². The fraction of sp³-hybridized carbons (Fsp3) is 0.714.